The number of nitrogens with zero attached hydrogens (tertiary/aromatic N) is 3. The zero-order chi connectivity index (χ0) is 18.6. The molecule has 0 aliphatic carbocycles. The first-order chi connectivity index (χ1) is 12.5. The van der Waals surface area contributed by atoms with Crippen LogP contribution in [0.3, 0.4) is 0 Å². The summed E-state index contributed by atoms with van der Waals surface area (Å²) < 4.78 is 30.5. The van der Waals surface area contributed by atoms with Gasteiger partial charge in [0.25, 0.3) is 0 Å². The molecule has 139 valence electrons. The first kappa shape index (κ1) is 18.8. The van der Waals surface area contributed by atoms with Crippen molar-refractivity contribution in [3.8, 4) is 6.01 Å². The van der Waals surface area contributed by atoms with Crippen LogP contribution in [0.2, 0.25) is 0 Å². The highest BCUT2D eigenvalue weighted by Crippen LogP contribution is 2.20. The molecule has 26 heavy (non-hydrogen) atoms. The van der Waals surface area contributed by atoms with E-state index in [1.54, 1.807) is 6.20 Å². The van der Waals surface area contributed by atoms with E-state index < -0.39 is 10.0 Å². The van der Waals surface area contributed by atoms with Crippen LogP contribution in [0.15, 0.2) is 24.4 Å². The summed E-state index contributed by atoms with van der Waals surface area (Å²) in [5.74, 6) is 0. The number of hydrogen-bond acceptors (Lipinski definition) is 5. The van der Waals surface area contributed by atoms with Crippen molar-refractivity contribution in [2.24, 2.45) is 0 Å². The maximum Gasteiger partial charge on any atom is 0.316 e. The number of benzene rings is 1. The first-order valence-electron chi connectivity index (χ1n) is 8.88. The molecule has 1 radical (unpaired) electrons. The van der Waals surface area contributed by atoms with E-state index in [-0.39, 0.29) is 0 Å². The fourth-order valence-corrected chi connectivity index (χ4v) is 3.92. The lowest BCUT2D eigenvalue weighted by Crippen LogP contribution is -2.35. The van der Waals surface area contributed by atoms with E-state index in [0.717, 1.165) is 30.5 Å². The maximum absolute atomic E-state index is 11.7. The van der Waals surface area contributed by atoms with Crippen molar-refractivity contribution in [3.63, 3.8) is 0 Å². The second kappa shape index (κ2) is 8.14. The Morgan fingerprint density at radius 1 is 1.35 bits per heavy atom. The van der Waals surface area contributed by atoms with Crippen LogP contribution >= 0.6 is 0 Å². The molecule has 1 aliphatic rings. The number of ether oxygens (including phenoxy) is 1. The van der Waals surface area contributed by atoms with Gasteiger partial charge >= 0.3 is 6.01 Å². The minimum atomic E-state index is -3.18. The molecule has 0 N–H and O–H groups in total. The van der Waals surface area contributed by atoms with Gasteiger partial charge in [0.05, 0.1) is 18.6 Å². The summed E-state index contributed by atoms with van der Waals surface area (Å²) in [7, 11) is -3.18. The van der Waals surface area contributed by atoms with Crippen LogP contribution < -0.4 is 4.74 Å². The molecule has 2 aromatic rings. The Bertz CT molecular complexity index is 868. The van der Waals surface area contributed by atoms with Crippen LogP contribution in [0.1, 0.15) is 35.7 Å². The number of hydrogen-bond donors (Lipinski definition) is 0. The summed E-state index contributed by atoms with van der Waals surface area (Å²) in [6, 6.07) is 9.60. The molecule has 0 amide bonds. The Labute approximate surface area is 155 Å². The molecule has 2 heterocycles. The number of rotatable bonds is 7. The Balaban J connectivity index is 1.54. The molecule has 1 aliphatic heterocycles. The van der Waals surface area contributed by atoms with Gasteiger partial charge in [0.15, 0.2) is 0 Å². The Hall–Kier alpha value is -1.99. The molecular weight excluding hydrogens is 350 g/mol. The van der Waals surface area contributed by atoms with Crippen molar-refractivity contribution in [3.05, 3.63) is 52.8 Å². The van der Waals surface area contributed by atoms with Crippen LogP contribution in [-0.2, 0) is 35.8 Å². The minimum absolute atomic E-state index is 0.332. The van der Waals surface area contributed by atoms with E-state index in [1.807, 2.05) is 12.1 Å². The van der Waals surface area contributed by atoms with Crippen molar-refractivity contribution >= 4 is 10.0 Å². The second-order valence-electron chi connectivity index (χ2n) is 6.47. The van der Waals surface area contributed by atoms with E-state index in [2.05, 4.69) is 29.0 Å². The quantitative estimate of drug-likeness (QED) is 0.695. The highest BCUT2D eigenvalue weighted by Gasteiger charge is 2.24. The van der Waals surface area contributed by atoms with Crippen LogP contribution in [0.4, 0.5) is 0 Å². The molecule has 3 rings (SSSR count). The van der Waals surface area contributed by atoms with Crippen molar-refractivity contribution in [2.45, 2.75) is 39.2 Å². The molecule has 0 saturated heterocycles. The summed E-state index contributed by atoms with van der Waals surface area (Å²) in [6.07, 6.45) is 6.33. The molecule has 7 heteroatoms. The average Bonchev–Trinajstić information content (AvgIpc) is 2.64. The lowest BCUT2D eigenvalue weighted by molar-refractivity contribution is 0.283. The van der Waals surface area contributed by atoms with Gasteiger partial charge in [-0.2, -0.15) is 9.29 Å². The standard InChI is InChI=1S/C19H24N3O3S/c1-3-15-7-4-5-8-16(15)9-6-12-25-19-20-13-17-14-22(26(2,23)24)11-10-18(17)21-19/h4,7-8,13H,3,6,9-12,14H2,1-2H3. The predicted molar refractivity (Wildman–Crippen MR) is 99.5 cm³/mol. The molecule has 1 aromatic heterocycles. The molecule has 6 nitrogen and oxygen atoms in total. The summed E-state index contributed by atoms with van der Waals surface area (Å²) in [5, 5.41) is 0. The van der Waals surface area contributed by atoms with Crippen molar-refractivity contribution in [1.82, 2.24) is 14.3 Å². The zero-order valence-corrected chi connectivity index (χ0v) is 16.1. The second-order valence-corrected chi connectivity index (χ2v) is 8.45. The molecule has 1 aromatic carbocycles. The Morgan fingerprint density at radius 2 is 2.19 bits per heavy atom. The van der Waals surface area contributed by atoms with E-state index in [9.17, 15) is 8.42 Å². The van der Waals surface area contributed by atoms with Crippen LogP contribution in [0.5, 0.6) is 6.01 Å². The maximum atomic E-state index is 11.7. The van der Waals surface area contributed by atoms with Gasteiger partial charge in [0.1, 0.15) is 0 Å². The number of aromatic nitrogens is 2. The van der Waals surface area contributed by atoms with Gasteiger partial charge in [0, 0.05) is 31.3 Å². The summed E-state index contributed by atoms with van der Waals surface area (Å²) >= 11 is 0. The van der Waals surface area contributed by atoms with Crippen molar-refractivity contribution < 1.29 is 13.2 Å². The Morgan fingerprint density at radius 3 is 2.96 bits per heavy atom. The summed E-state index contributed by atoms with van der Waals surface area (Å²) in [5.41, 5.74) is 4.39. The predicted octanol–water partition coefficient (Wildman–Crippen LogP) is 2.17. The Kier molecular flexibility index (Phi) is 5.88. The van der Waals surface area contributed by atoms with Gasteiger partial charge in [-0.3, -0.25) is 0 Å². The SMILES string of the molecule is CCc1cc[c]cc1CCCOc1ncc2c(n1)CCN(S(C)(=O)=O)C2. The minimum Gasteiger partial charge on any atom is -0.463 e. The fraction of sp³-hybridized carbons (Fsp3) is 0.474. The van der Waals surface area contributed by atoms with Gasteiger partial charge in [-0.1, -0.05) is 25.1 Å². The van der Waals surface area contributed by atoms with E-state index >= 15 is 0 Å². The molecule has 0 spiro atoms. The monoisotopic (exact) mass is 374 g/mol. The molecule has 0 bridgehead atoms. The van der Waals surface area contributed by atoms with Gasteiger partial charge in [-0.15, -0.1) is 0 Å². The van der Waals surface area contributed by atoms with Crippen molar-refractivity contribution in [2.75, 3.05) is 19.4 Å². The zero-order valence-electron chi connectivity index (χ0n) is 15.2. The normalized spacial score (nSPS) is 14.8. The number of fused-ring (bicyclic) bond motifs is 1. The van der Waals surface area contributed by atoms with Crippen molar-refractivity contribution in [1.29, 1.82) is 0 Å². The fourth-order valence-electron chi connectivity index (χ4n) is 3.13. The third-order valence-electron chi connectivity index (χ3n) is 4.60. The third kappa shape index (κ3) is 4.59. The van der Waals surface area contributed by atoms with Crippen LogP contribution in [0.25, 0.3) is 0 Å². The van der Waals surface area contributed by atoms with E-state index in [1.165, 1.54) is 21.7 Å². The topological polar surface area (TPSA) is 72.4 Å². The number of sulfonamides is 1. The van der Waals surface area contributed by atoms with Gasteiger partial charge in [-0.25, -0.2) is 13.4 Å². The number of aryl methyl sites for hydroxylation is 2. The van der Waals surface area contributed by atoms with Gasteiger partial charge in [0.2, 0.25) is 10.0 Å². The highest BCUT2D eigenvalue weighted by atomic mass is 32.2. The van der Waals surface area contributed by atoms with Gasteiger partial charge < -0.3 is 4.74 Å². The molecule has 0 atom stereocenters. The third-order valence-corrected chi connectivity index (χ3v) is 5.85. The highest BCUT2D eigenvalue weighted by molar-refractivity contribution is 7.88. The lowest BCUT2D eigenvalue weighted by atomic mass is 10.0. The summed E-state index contributed by atoms with van der Waals surface area (Å²) in [6.45, 7) is 3.48. The van der Waals surface area contributed by atoms with Gasteiger partial charge in [-0.05, 0) is 36.5 Å². The molecule has 0 unspecified atom stereocenters. The molecule has 0 fully saturated rings. The smallest absolute Gasteiger partial charge is 0.316 e. The molecule has 0 saturated carbocycles. The van der Waals surface area contributed by atoms with Crippen LogP contribution in [-0.4, -0.2) is 42.1 Å². The summed E-state index contributed by atoms with van der Waals surface area (Å²) in [4.78, 5) is 8.67. The van der Waals surface area contributed by atoms with Crippen LogP contribution in [0, 0.1) is 6.07 Å². The average molecular weight is 374 g/mol. The lowest BCUT2D eigenvalue weighted by Gasteiger charge is -2.25. The largest absolute Gasteiger partial charge is 0.463 e. The molecular formula is C19H24N3O3S. The van der Waals surface area contributed by atoms with E-state index in [4.69, 9.17) is 4.74 Å². The first-order valence-corrected chi connectivity index (χ1v) is 10.7. The van der Waals surface area contributed by atoms with E-state index in [0.29, 0.717) is 32.1 Å².